The lowest BCUT2D eigenvalue weighted by Gasteiger charge is -2.03. The molecule has 106 valence electrons. The molecule has 21 heavy (non-hydrogen) atoms. The van der Waals surface area contributed by atoms with Gasteiger partial charge in [0.05, 0.1) is 10.6 Å². The first kappa shape index (κ1) is 13.9. The van der Waals surface area contributed by atoms with E-state index >= 15 is 0 Å². The molecule has 0 fully saturated rings. The molecule has 1 heterocycles. The monoisotopic (exact) mass is 298 g/mol. The highest BCUT2D eigenvalue weighted by atomic mass is 32.1. The molecule has 2 N–H and O–H groups in total. The van der Waals surface area contributed by atoms with Gasteiger partial charge in [-0.2, -0.15) is 0 Å². The molecule has 4 heteroatoms. The minimum atomic E-state index is -0.245. The van der Waals surface area contributed by atoms with Crippen molar-refractivity contribution in [3.8, 4) is 21.7 Å². The number of aromatic nitrogens is 1. The average molecular weight is 298 g/mol. The fraction of sp³-hybridized carbons (Fsp3) is 0.118. The van der Waals surface area contributed by atoms with Gasteiger partial charge >= 0.3 is 0 Å². The summed E-state index contributed by atoms with van der Waals surface area (Å²) in [7, 11) is 0. The van der Waals surface area contributed by atoms with Gasteiger partial charge in [-0.15, -0.1) is 11.3 Å². The van der Waals surface area contributed by atoms with Gasteiger partial charge in [0, 0.05) is 12.1 Å². The van der Waals surface area contributed by atoms with Crippen molar-refractivity contribution in [3.05, 3.63) is 64.9 Å². The third-order valence-corrected chi connectivity index (χ3v) is 4.38. The van der Waals surface area contributed by atoms with Crippen molar-refractivity contribution in [1.82, 2.24) is 4.98 Å². The standard InChI is InChI=1S/C17H15FN2S/c1-11-5-7-12(8-6-11)16-17(21-15(10-19)20-16)13-3-2-4-14(18)9-13/h2-9H,10,19H2,1H3. The second kappa shape index (κ2) is 5.76. The zero-order chi connectivity index (χ0) is 14.8. The van der Waals surface area contributed by atoms with Crippen molar-refractivity contribution in [2.45, 2.75) is 13.5 Å². The summed E-state index contributed by atoms with van der Waals surface area (Å²) >= 11 is 1.52. The van der Waals surface area contributed by atoms with Crippen LogP contribution in [-0.2, 0) is 6.54 Å². The minimum Gasteiger partial charge on any atom is -0.325 e. The van der Waals surface area contributed by atoms with Crippen LogP contribution in [0.2, 0.25) is 0 Å². The number of halogens is 1. The molecule has 0 atom stereocenters. The Labute approximate surface area is 127 Å². The number of benzene rings is 2. The maximum absolute atomic E-state index is 13.5. The highest BCUT2D eigenvalue weighted by Gasteiger charge is 2.14. The van der Waals surface area contributed by atoms with E-state index in [0.29, 0.717) is 6.54 Å². The van der Waals surface area contributed by atoms with Crippen LogP contribution in [0.25, 0.3) is 21.7 Å². The molecular formula is C17H15FN2S. The third-order valence-electron chi connectivity index (χ3n) is 3.26. The zero-order valence-corrected chi connectivity index (χ0v) is 12.5. The summed E-state index contributed by atoms with van der Waals surface area (Å²) in [5, 5.41) is 0.852. The molecule has 0 aliphatic carbocycles. The van der Waals surface area contributed by atoms with Gasteiger partial charge in [0.2, 0.25) is 0 Å². The first-order chi connectivity index (χ1) is 10.2. The number of hydrogen-bond donors (Lipinski definition) is 1. The lowest BCUT2D eigenvalue weighted by atomic mass is 10.1. The van der Waals surface area contributed by atoms with E-state index in [2.05, 4.69) is 4.98 Å². The van der Waals surface area contributed by atoms with Crippen molar-refractivity contribution < 1.29 is 4.39 Å². The first-order valence-corrected chi connectivity index (χ1v) is 7.52. The summed E-state index contributed by atoms with van der Waals surface area (Å²) in [6, 6.07) is 14.8. The van der Waals surface area contributed by atoms with Crippen LogP contribution in [0.4, 0.5) is 4.39 Å². The molecule has 0 spiro atoms. The molecule has 2 nitrogen and oxygen atoms in total. The van der Waals surface area contributed by atoms with Crippen LogP contribution in [0.5, 0.6) is 0 Å². The molecule has 0 saturated heterocycles. The van der Waals surface area contributed by atoms with Crippen LogP contribution in [0.1, 0.15) is 10.6 Å². The predicted molar refractivity (Wildman–Crippen MR) is 85.6 cm³/mol. The molecule has 2 aromatic carbocycles. The molecule has 3 aromatic rings. The van der Waals surface area contributed by atoms with Crippen LogP contribution in [0, 0.1) is 12.7 Å². The Hall–Kier alpha value is -2.04. The van der Waals surface area contributed by atoms with E-state index in [1.807, 2.05) is 37.3 Å². The Morgan fingerprint density at radius 2 is 1.86 bits per heavy atom. The van der Waals surface area contributed by atoms with E-state index in [1.54, 1.807) is 6.07 Å². The van der Waals surface area contributed by atoms with Gasteiger partial charge in [0.25, 0.3) is 0 Å². The maximum Gasteiger partial charge on any atom is 0.123 e. The van der Waals surface area contributed by atoms with Gasteiger partial charge in [-0.3, -0.25) is 0 Å². The van der Waals surface area contributed by atoms with Crippen molar-refractivity contribution in [3.63, 3.8) is 0 Å². The summed E-state index contributed by atoms with van der Waals surface area (Å²) in [5.41, 5.74) is 9.64. The second-order valence-electron chi connectivity index (χ2n) is 4.87. The number of rotatable bonds is 3. The van der Waals surface area contributed by atoms with E-state index < -0.39 is 0 Å². The zero-order valence-electron chi connectivity index (χ0n) is 11.6. The van der Waals surface area contributed by atoms with Gasteiger partial charge in [0.15, 0.2) is 0 Å². The van der Waals surface area contributed by atoms with Crippen molar-refractivity contribution in [1.29, 1.82) is 0 Å². The van der Waals surface area contributed by atoms with Gasteiger partial charge < -0.3 is 5.73 Å². The van der Waals surface area contributed by atoms with Gasteiger partial charge in [-0.05, 0) is 24.6 Å². The van der Waals surface area contributed by atoms with Crippen LogP contribution < -0.4 is 5.73 Å². The van der Waals surface area contributed by atoms with Crippen molar-refractivity contribution in [2.75, 3.05) is 0 Å². The SMILES string of the molecule is Cc1ccc(-c2nc(CN)sc2-c2cccc(F)c2)cc1. The van der Waals surface area contributed by atoms with Crippen LogP contribution in [0.3, 0.4) is 0 Å². The molecule has 0 aliphatic rings. The van der Waals surface area contributed by atoms with Gasteiger partial charge in [-0.25, -0.2) is 9.37 Å². The first-order valence-electron chi connectivity index (χ1n) is 6.70. The number of aryl methyl sites for hydroxylation is 1. The number of hydrogen-bond acceptors (Lipinski definition) is 3. The maximum atomic E-state index is 13.5. The second-order valence-corrected chi connectivity index (χ2v) is 5.95. The Kier molecular flexibility index (Phi) is 3.82. The molecule has 0 saturated carbocycles. The number of thiazole rings is 1. The van der Waals surface area contributed by atoms with Crippen LogP contribution in [-0.4, -0.2) is 4.98 Å². The molecular weight excluding hydrogens is 283 g/mol. The van der Waals surface area contributed by atoms with Gasteiger partial charge in [0.1, 0.15) is 10.8 Å². The molecule has 3 rings (SSSR count). The molecule has 0 radical (unpaired) electrons. The fourth-order valence-electron chi connectivity index (χ4n) is 2.18. The quantitative estimate of drug-likeness (QED) is 0.779. The Morgan fingerprint density at radius 1 is 1.10 bits per heavy atom. The summed E-state index contributed by atoms with van der Waals surface area (Å²) in [6.45, 7) is 2.43. The molecule has 1 aromatic heterocycles. The number of nitrogens with zero attached hydrogens (tertiary/aromatic N) is 1. The van der Waals surface area contributed by atoms with Gasteiger partial charge in [-0.1, -0.05) is 42.0 Å². The summed E-state index contributed by atoms with van der Waals surface area (Å²) in [4.78, 5) is 5.56. The van der Waals surface area contributed by atoms with Crippen molar-refractivity contribution >= 4 is 11.3 Å². The molecule has 0 bridgehead atoms. The lowest BCUT2D eigenvalue weighted by molar-refractivity contribution is 0.628. The topological polar surface area (TPSA) is 38.9 Å². The van der Waals surface area contributed by atoms with Crippen LogP contribution >= 0.6 is 11.3 Å². The van der Waals surface area contributed by atoms with E-state index in [1.165, 1.54) is 29.0 Å². The smallest absolute Gasteiger partial charge is 0.123 e. The number of nitrogens with two attached hydrogens (primary N) is 1. The third kappa shape index (κ3) is 2.86. The largest absolute Gasteiger partial charge is 0.325 e. The molecule has 0 amide bonds. The predicted octanol–water partition coefficient (Wildman–Crippen LogP) is 4.38. The Morgan fingerprint density at radius 3 is 2.52 bits per heavy atom. The normalized spacial score (nSPS) is 10.8. The highest BCUT2D eigenvalue weighted by molar-refractivity contribution is 7.15. The summed E-state index contributed by atoms with van der Waals surface area (Å²) in [6.07, 6.45) is 0. The van der Waals surface area contributed by atoms with Crippen LogP contribution in [0.15, 0.2) is 48.5 Å². The highest BCUT2D eigenvalue weighted by Crippen LogP contribution is 2.37. The summed E-state index contributed by atoms with van der Waals surface area (Å²) in [5.74, 6) is -0.245. The molecule has 0 unspecified atom stereocenters. The summed E-state index contributed by atoms with van der Waals surface area (Å²) < 4.78 is 13.5. The van der Waals surface area contributed by atoms with E-state index in [0.717, 1.165) is 26.7 Å². The van der Waals surface area contributed by atoms with E-state index in [-0.39, 0.29) is 5.82 Å². The Bertz CT molecular complexity index is 763. The lowest BCUT2D eigenvalue weighted by Crippen LogP contribution is -1.94. The Balaban J connectivity index is 2.16. The fourth-order valence-corrected chi connectivity index (χ4v) is 3.15. The van der Waals surface area contributed by atoms with E-state index in [4.69, 9.17) is 5.73 Å². The molecule has 0 aliphatic heterocycles. The van der Waals surface area contributed by atoms with E-state index in [9.17, 15) is 4.39 Å². The minimum absolute atomic E-state index is 0.245. The average Bonchev–Trinajstić information content (AvgIpc) is 2.92. The van der Waals surface area contributed by atoms with Crippen molar-refractivity contribution in [2.24, 2.45) is 5.73 Å².